The zero-order valence-corrected chi connectivity index (χ0v) is 13.7. The molecule has 3 N–H and O–H groups in total. The molecule has 0 spiro atoms. The van der Waals surface area contributed by atoms with E-state index in [-0.39, 0.29) is 11.3 Å². The minimum Gasteiger partial charge on any atom is -0.506 e. The lowest BCUT2D eigenvalue weighted by Gasteiger charge is -2.03. The van der Waals surface area contributed by atoms with Gasteiger partial charge in [0.25, 0.3) is 5.56 Å². The molecule has 0 amide bonds. The number of aromatic hydroxyl groups is 1. The number of hydrogen-bond donors (Lipinski definition) is 3. The number of phenolic OH excluding ortho intramolecular Hbond substituents is 1. The summed E-state index contributed by atoms with van der Waals surface area (Å²) in [5.41, 5.74) is 1.00. The van der Waals surface area contributed by atoms with E-state index in [9.17, 15) is 9.90 Å². The molecule has 1 aromatic heterocycles. The maximum atomic E-state index is 12.5. The topological polar surface area (TPSA) is 70.0 Å². The summed E-state index contributed by atoms with van der Waals surface area (Å²) in [4.78, 5) is 12.5. The summed E-state index contributed by atoms with van der Waals surface area (Å²) in [5, 5.41) is 16.6. The van der Waals surface area contributed by atoms with Gasteiger partial charge in [-0.1, -0.05) is 40.7 Å². The first-order valence-corrected chi connectivity index (χ1v) is 7.66. The van der Waals surface area contributed by atoms with Crippen molar-refractivity contribution in [3.63, 3.8) is 0 Å². The second-order valence-electron chi connectivity index (χ2n) is 4.93. The molecule has 2 aromatic carbocycles. The number of rotatable bonds is 3. The number of nitrogens with zero attached hydrogens (tertiary/aromatic N) is 1. The fourth-order valence-corrected chi connectivity index (χ4v) is 2.54. The average molecular weight is 372 g/mol. The van der Waals surface area contributed by atoms with Gasteiger partial charge in [-0.05, 0) is 30.3 Å². The number of halogens is 1. The number of hydrogen-bond acceptors (Lipinski definition) is 3. The minimum absolute atomic E-state index is 0.0917. The van der Waals surface area contributed by atoms with Crippen LogP contribution in [0.5, 0.6) is 5.75 Å². The van der Waals surface area contributed by atoms with Gasteiger partial charge in [0.15, 0.2) is 0 Å². The van der Waals surface area contributed by atoms with Gasteiger partial charge in [0.2, 0.25) is 0 Å². The number of phenols is 1. The van der Waals surface area contributed by atoms with Gasteiger partial charge in [0.05, 0.1) is 21.9 Å². The number of para-hydroxylation sites is 1. The molecular weight excluding hydrogens is 358 g/mol. The van der Waals surface area contributed by atoms with Crippen LogP contribution in [0.1, 0.15) is 0 Å². The zero-order valence-electron chi connectivity index (χ0n) is 12.1. The predicted molar refractivity (Wildman–Crippen MR) is 95.1 cm³/mol. The second-order valence-corrected chi connectivity index (χ2v) is 5.85. The van der Waals surface area contributed by atoms with Crippen LogP contribution in [0.2, 0.25) is 0 Å². The van der Waals surface area contributed by atoms with Crippen molar-refractivity contribution in [2.75, 3.05) is 5.32 Å². The molecule has 1 heterocycles. The zero-order chi connectivity index (χ0) is 16.4. The summed E-state index contributed by atoms with van der Waals surface area (Å²) < 4.78 is 2.24. The van der Waals surface area contributed by atoms with Crippen molar-refractivity contribution < 1.29 is 5.11 Å². The van der Waals surface area contributed by atoms with E-state index < -0.39 is 0 Å². The summed E-state index contributed by atoms with van der Waals surface area (Å²) in [6, 6.07) is 14.3. The normalized spacial score (nSPS) is 11.6. The molecule has 0 saturated carbocycles. The third kappa shape index (κ3) is 3.07. The fraction of sp³-hybridized carbons (Fsp3) is 0. The van der Waals surface area contributed by atoms with E-state index in [4.69, 9.17) is 0 Å². The summed E-state index contributed by atoms with van der Waals surface area (Å²) in [6.07, 6.45) is 1.53. The van der Waals surface area contributed by atoms with E-state index in [1.165, 1.54) is 10.9 Å². The molecule has 5 nitrogen and oxygen atoms in total. The van der Waals surface area contributed by atoms with E-state index in [1.54, 1.807) is 18.2 Å². The number of H-pyrrole nitrogens is 1. The maximum Gasteiger partial charge on any atom is 0.280 e. The predicted octanol–water partition coefficient (Wildman–Crippen LogP) is 1.89. The van der Waals surface area contributed by atoms with Crippen LogP contribution in [0.15, 0.2) is 57.8 Å². The molecule has 23 heavy (non-hydrogen) atoms. The molecule has 0 bridgehead atoms. The van der Waals surface area contributed by atoms with Crippen LogP contribution in [0, 0.1) is 0 Å². The Balaban J connectivity index is 2.04. The van der Waals surface area contributed by atoms with E-state index >= 15 is 0 Å². The first-order valence-electron chi connectivity index (χ1n) is 6.87. The molecule has 0 saturated heterocycles. The first-order chi connectivity index (χ1) is 11.1. The molecule has 3 rings (SSSR count). The SMILES string of the molecule is C=c1[nH]n(-c2ccccc2)c(=O)/c1=C\Nc1cc(Br)ccc1O. The van der Waals surface area contributed by atoms with Crippen molar-refractivity contribution >= 4 is 34.4 Å². The molecule has 116 valence electrons. The highest BCUT2D eigenvalue weighted by molar-refractivity contribution is 9.10. The molecular formula is C17H14BrN3O2. The number of benzene rings is 2. The molecule has 0 aliphatic rings. The molecule has 0 aliphatic carbocycles. The van der Waals surface area contributed by atoms with Crippen LogP contribution in [-0.2, 0) is 0 Å². The summed E-state index contributed by atoms with van der Waals surface area (Å²) in [5.74, 6) is 0.0917. The molecule has 0 fully saturated rings. The van der Waals surface area contributed by atoms with Gasteiger partial charge in [-0.3, -0.25) is 9.89 Å². The lowest BCUT2D eigenvalue weighted by Crippen LogP contribution is -2.34. The fourth-order valence-electron chi connectivity index (χ4n) is 2.18. The molecule has 0 unspecified atom stereocenters. The highest BCUT2D eigenvalue weighted by Gasteiger charge is 2.05. The third-order valence-corrected chi connectivity index (χ3v) is 3.84. The molecule has 0 aliphatic heterocycles. The smallest absolute Gasteiger partial charge is 0.280 e. The molecule has 0 radical (unpaired) electrons. The number of anilines is 1. The minimum atomic E-state index is -0.219. The Morgan fingerprint density at radius 3 is 2.70 bits per heavy atom. The Bertz CT molecular complexity index is 1010. The summed E-state index contributed by atoms with van der Waals surface area (Å²) in [6.45, 7) is 3.86. The van der Waals surface area contributed by atoms with E-state index in [0.717, 1.165) is 10.2 Å². The van der Waals surface area contributed by atoms with Gasteiger partial charge in [0.1, 0.15) is 5.75 Å². The average Bonchev–Trinajstić information content (AvgIpc) is 2.84. The van der Waals surface area contributed by atoms with Crippen LogP contribution in [0.4, 0.5) is 5.69 Å². The molecule has 6 heteroatoms. The molecule has 0 atom stereocenters. The van der Waals surface area contributed by atoms with Crippen molar-refractivity contribution in [3.8, 4) is 11.4 Å². The third-order valence-electron chi connectivity index (χ3n) is 3.35. The van der Waals surface area contributed by atoms with Gasteiger partial charge in [0, 0.05) is 10.7 Å². The largest absolute Gasteiger partial charge is 0.506 e. The lowest BCUT2D eigenvalue weighted by atomic mass is 10.3. The molecule has 3 aromatic rings. The first kappa shape index (κ1) is 15.2. The van der Waals surface area contributed by atoms with Crippen LogP contribution < -0.4 is 21.4 Å². The van der Waals surface area contributed by atoms with E-state index in [1.807, 2.05) is 30.3 Å². The van der Waals surface area contributed by atoms with Gasteiger partial charge in [-0.25, -0.2) is 4.68 Å². The quantitative estimate of drug-likeness (QED) is 0.615. The number of aromatic amines is 1. The van der Waals surface area contributed by atoms with Crippen LogP contribution >= 0.6 is 15.9 Å². The highest BCUT2D eigenvalue weighted by Crippen LogP contribution is 2.26. The van der Waals surface area contributed by atoms with Gasteiger partial charge >= 0.3 is 0 Å². The van der Waals surface area contributed by atoms with E-state index in [2.05, 4.69) is 32.9 Å². The van der Waals surface area contributed by atoms with Gasteiger partial charge in [-0.15, -0.1) is 0 Å². The summed E-state index contributed by atoms with van der Waals surface area (Å²) in [7, 11) is 0. The van der Waals surface area contributed by atoms with Gasteiger partial charge in [-0.2, -0.15) is 0 Å². The van der Waals surface area contributed by atoms with Gasteiger partial charge < -0.3 is 10.4 Å². The Kier molecular flexibility index (Phi) is 4.08. The van der Waals surface area contributed by atoms with Crippen molar-refractivity contribution in [2.45, 2.75) is 0 Å². The highest BCUT2D eigenvalue weighted by atomic mass is 79.9. The maximum absolute atomic E-state index is 12.5. The van der Waals surface area contributed by atoms with Crippen molar-refractivity contribution in [3.05, 3.63) is 73.9 Å². The van der Waals surface area contributed by atoms with Crippen LogP contribution in [0.25, 0.3) is 18.5 Å². The Morgan fingerprint density at radius 2 is 1.96 bits per heavy atom. The van der Waals surface area contributed by atoms with Crippen LogP contribution in [0.3, 0.4) is 0 Å². The van der Waals surface area contributed by atoms with Crippen LogP contribution in [-0.4, -0.2) is 14.9 Å². The Labute approximate surface area is 140 Å². The van der Waals surface area contributed by atoms with Crippen molar-refractivity contribution in [2.24, 2.45) is 0 Å². The van der Waals surface area contributed by atoms with E-state index in [0.29, 0.717) is 16.3 Å². The van der Waals surface area contributed by atoms with Crippen molar-refractivity contribution in [1.82, 2.24) is 9.78 Å². The second kappa shape index (κ2) is 6.18. The number of nitrogens with one attached hydrogen (secondary N) is 2. The Hall–Kier alpha value is -2.73. The summed E-state index contributed by atoms with van der Waals surface area (Å²) >= 11 is 3.34. The lowest BCUT2D eigenvalue weighted by molar-refractivity contribution is 0.478. The van der Waals surface area contributed by atoms with Crippen molar-refractivity contribution in [1.29, 1.82) is 0 Å². The number of aromatic nitrogens is 2. The standard InChI is InChI=1S/C17H14BrN3O2/c1-11-14(10-19-15-9-12(18)7-8-16(15)22)17(23)21(20-11)13-5-3-2-4-6-13/h2-10,19-20,22H,1H2/b14-10-. The monoisotopic (exact) mass is 371 g/mol. The Morgan fingerprint density at radius 1 is 1.22 bits per heavy atom.